The van der Waals surface area contributed by atoms with Gasteiger partial charge in [0, 0.05) is 19.0 Å². The van der Waals surface area contributed by atoms with Crippen molar-refractivity contribution in [2.24, 2.45) is 0 Å². The van der Waals surface area contributed by atoms with Crippen molar-refractivity contribution in [2.75, 3.05) is 6.54 Å². The summed E-state index contributed by atoms with van der Waals surface area (Å²) in [6, 6.07) is -0.362. The van der Waals surface area contributed by atoms with Gasteiger partial charge < -0.3 is 9.64 Å². The number of nitrogens with zero attached hydrogens (tertiary/aromatic N) is 1. The molecular formula is C10H11NO4. The first-order valence-electron chi connectivity index (χ1n) is 4.75. The Kier molecular flexibility index (Phi) is 2.30. The third-order valence-corrected chi connectivity index (χ3v) is 2.70. The number of carbonyl (C=O) groups is 3. The fourth-order valence-corrected chi connectivity index (χ4v) is 2.13. The van der Waals surface area contributed by atoms with E-state index in [2.05, 4.69) is 0 Å². The van der Waals surface area contributed by atoms with Gasteiger partial charge in [0.25, 0.3) is 0 Å². The van der Waals surface area contributed by atoms with Crippen LogP contribution in [-0.4, -0.2) is 41.8 Å². The van der Waals surface area contributed by atoms with E-state index in [1.165, 1.54) is 6.92 Å². The van der Waals surface area contributed by atoms with Gasteiger partial charge in [-0.1, -0.05) is 6.08 Å². The molecule has 80 valence electrons. The molecule has 0 unspecified atom stereocenters. The summed E-state index contributed by atoms with van der Waals surface area (Å²) in [5, 5.41) is 0. The summed E-state index contributed by atoms with van der Waals surface area (Å²) in [5.41, 5.74) is 0.534. The molecule has 5 nitrogen and oxygen atoms in total. The van der Waals surface area contributed by atoms with Crippen LogP contribution in [0.25, 0.3) is 0 Å². The fourth-order valence-electron chi connectivity index (χ4n) is 2.13. The molecule has 0 bridgehead atoms. The van der Waals surface area contributed by atoms with Crippen LogP contribution in [0.15, 0.2) is 11.6 Å². The first-order chi connectivity index (χ1) is 7.13. The lowest BCUT2D eigenvalue weighted by molar-refractivity contribution is -0.146. The van der Waals surface area contributed by atoms with Crippen LogP contribution in [-0.2, 0) is 19.1 Å². The highest BCUT2D eigenvalue weighted by atomic mass is 16.5. The van der Waals surface area contributed by atoms with Crippen molar-refractivity contribution in [3.63, 3.8) is 0 Å². The lowest BCUT2D eigenvalue weighted by Crippen LogP contribution is -2.35. The van der Waals surface area contributed by atoms with Crippen LogP contribution in [0, 0.1) is 0 Å². The Morgan fingerprint density at radius 1 is 1.67 bits per heavy atom. The lowest BCUT2D eigenvalue weighted by atomic mass is 10.1. The Morgan fingerprint density at radius 3 is 3.00 bits per heavy atom. The molecule has 0 aromatic heterocycles. The molecule has 0 aliphatic carbocycles. The maximum absolute atomic E-state index is 11.5. The van der Waals surface area contributed by atoms with Crippen LogP contribution in [0.5, 0.6) is 0 Å². The van der Waals surface area contributed by atoms with Gasteiger partial charge in [-0.25, -0.2) is 0 Å². The number of rotatable bonds is 2. The van der Waals surface area contributed by atoms with E-state index < -0.39 is 12.1 Å². The molecule has 2 aliphatic heterocycles. The Labute approximate surface area is 86.7 Å². The molecule has 1 saturated heterocycles. The summed E-state index contributed by atoms with van der Waals surface area (Å²) < 4.78 is 5.03. The second-order valence-electron chi connectivity index (χ2n) is 3.66. The van der Waals surface area contributed by atoms with E-state index in [4.69, 9.17) is 4.74 Å². The zero-order chi connectivity index (χ0) is 11.0. The minimum absolute atomic E-state index is 0.0700. The summed E-state index contributed by atoms with van der Waals surface area (Å²) in [6.07, 6.45) is 2.09. The van der Waals surface area contributed by atoms with Crippen molar-refractivity contribution in [1.29, 1.82) is 0 Å². The van der Waals surface area contributed by atoms with E-state index in [0.717, 1.165) is 6.29 Å². The number of ether oxygens (including phenoxy) is 1. The number of amides is 1. The molecule has 5 heteroatoms. The van der Waals surface area contributed by atoms with Crippen LogP contribution < -0.4 is 0 Å². The Hall–Kier alpha value is -1.65. The first kappa shape index (κ1) is 9.89. The molecule has 2 aliphatic rings. The predicted octanol–water partition coefficient (Wildman–Crippen LogP) is -0.342. The van der Waals surface area contributed by atoms with Gasteiger partial charge in [0.1, 0.15) is 12.4 Å². The van der Waals surface area contributed by atoms with Crippen molar-refractivity contribution in [1.82, 2.24) is 4.90 Å². The molecule has 2 heterocycles. The molecule has 0 aromatic carbocycles. The summed E-state index contributed by atoms with van der Waals surface area (Å²) in [6.45, 7) is 1.74. The average molecular weight is 209 g/mol. The predicted molar refractivity (Wildman–Crippen MR) is 49.8 cm³/mol. The largest absolute Gasteiger partial charge is 0.459 e. The molecule has 0 N–H and O–H groups in total. The van der Waals surface area contributed by atoms with Crippen LogP contribution in [0.1, 0.15) is 13.3 Å². The maximum atomic E-state index is 11.5. The van der Waals surface area contributed by atoms with Gasteiger partial charge in [0.2, 0.25) is 5.91 Å². The molecule has 1 fully saturated rings. The normalized spacial score (nSPS) is 28.7. The van der Waals surface area contributed by atoms with Crippen molar-refractivity contribution in [3.8, 4) is 0 Å². The maximum Gasteiger partial charge on any atom is 0.303 e. The van der Waals surface area contributed by atoms with Crippen LogP contribution >= 0.6 is 0 Å². The minimum Gasteiger partial charge on any atom is -0.459 e. The molecular weight excluding hydrogens is 198 g/mol. The van der Waals surface area contributed by atoms with Crippen LogP contribution in [0.2, 0.25) is 0 Å². The number of fused-ring (bicyclic) bond motifs is 1. The van der Waals surface area contributed by atoms with E-state index >= 15 is 0 Å². The second-order valence-corrected chi connectivity index (χ2v) is 3.66. The van der Waals surface area contributed by atoms with Gasteiger partial charge in [-0.05, 0) is 0 Å². The van der Waals surface area contributed by atoms with Gasteiger partial charge in [-0.15, -0.1) is 0 Å². The molecule has 1 amide bonds. The Bertz CT molecular complexity index is 358. The zero-order valence-corrected chi connectivity index (χ0v) is 8.30. The number of hydrogen-bond acceptors (Lipinski definition) is 4. The topological polar surface area (TPSA) is 63.7 Å². The third kappa shape index (κ3) is 1.54. The number of hydrogen-bond donors (Lipinski definition) is 0. The molecule has 2 atom stereocenters. The summed E-state index contributed by atoms with van der Waals surface area (Å²) in [4.78, 5) is 34.6. The van der Waals surface area contributed by atoms with Gasteiger partial charge >= 0.3 is 5.97 Å². The Balaban J connectivity index is 2.20. The van der Waals surface area contributed by atoms with Crippen LogP contribution in [0.4, 0.5) is 0 Å². The van der Waals surface area contributed by atoms with Gasteiger partial charge in [-0.3, -0.25) is 14.4 Å². The lowest BCUT2D eigenvalue weighted by Gasteiger charge is -2.21. The molecule has 2 rings (SSSR count). The van der Waals surface area contributed by atoms with Crippen LogP contribution in [0.3, 0.4) is 0 Å². The van der Waals surface area contributed by atoms with E-state index in [0.29, 0.717) is 12.1 Å². The molecule has 0 spiro atoms. The third-order valence-electron chi connectivity index (χ3n) is 2.70. The highest BCUT2D eigenvalue weighted by Crippen LogP contribution is 2.30. The van der Waals surface area contributed by atoms with E-state index in [-0.39, 0.29) is 18.4 Å². The van der Waals surface area contributed by atoms with Crippen molar-refractivity contribution >= 4 is 18.2 Å². The van der Waals surface area contributed by atoms with Crippen molar-refractivity contribution in [3.05, 3.63) is 11.6 Å². The average Bonchev–Trinajstić information content (AvgIpc) is 2.68. The number of esters is 1. The number of carbonyl (C=O) groups excluding carboxylic acids is 3. The monoisotopic (exact) mass is 209 g/mol. The SMILES string of the molecule is CC(=O)O[C@H]1CC(=O)N2CC=C(C=O)[C@H]12. The second kappa shape index (κ2) is 3.49. The number of aldehydes is 1. The molecule has 15 heavy (non-hydrogen) atoms. The molecule has 0 radical (unpaired) electrons. The molecule has 0 saturated carbocycles. The van der Waals surface area contributed by atoms with Crippen molar-refractivity contribution in [2.45, 2.75) is 25.5 Å². The van der Waals surface area contributed by atoms with Gasteiger partial charge in [-0.2, -0.15) is 0 Å². The van der Waals surface area contributed by atoms with E-state index in [9.17, 15) is 14.4 Å². The smallest absolute Gasteiger partial charge is 0.303 e. The Morgan fingerprint density at radius 2 is 2.40 bits per heavy atom. The first-order valence-corrected chi connectivity index (χ1v) is 4.75. The quantitative estimate of drug-likeness (QED) is 0.461. The van der Waals surface area contributed by atoms with Gasteiger partial charge in [0.05, 0.1) is 12.5 Å². The highest BCUT2D eigenvalue weighted by Gasteiger charge is 2.45. The highest BCUT2D eigenvalue weighted by molar-refractivity contribution is 5.87. The summed E-state index contributed by atoms with van der Waals surface area (Å²) in [5.74, 6) is -0.494. The van der Waals surface area contributed by atoms with E-state index in [1.807, 2.05) is 0 Å². The van der Waals surface area contributed by atoms with Gasteiger partial charge in [0.15, 0.2) is 0 Å². The van der Waals surface area contributed by atoms with Crippen molar-refractivity contribution < 1.29 is 19.1 Å². The standard InChI is InChI=1S/C10H11NO4/c1-6(13)15-8-4-9(14)11-3-2-7(5-12)10(8)11/h2,5,8,10H,3-4H2,1H3/t8-,10+/m0/s1. The summed E-state index contributed by atoms with van der Waals surface area (Å²) in [7, 11) is 0. The summed E-state index contributed by atoms with van der Waals surface area (Å²) >= 11 is 0. The molecule has 0 aromatic rings. The minimum atomic E-state index is -0.506. The zero-order valence-electron chi connectivity index (χ0n) is 8.30. The fraction of sp³-hybridized carbons (Fsp3) is 0.500. The van der Waals surface area contributed by atoms with E-state index in [1.54, 1.807) is 11.0 Å².